The second kappa shape index (κ2) is 6.26. The van der Waals surface area contributed by atoms with Crippen LogP contribution in [0, 0.1) is 0 Å². The SMILES string of the molecule is CSc1ncccc1-c1cc(=O)c2cccc(CC(=O)O)c2o1. The highest BCUT2D eigenvalue weighted by Gasteiger charge is 2.14. The van der Waals surface area contributed by atoms with Crippen LogP contribution in [0.3, 0.4) is 0 Å². The van der Waals surface area contributed by atoms with Crippen LogP contribution in [0.5, 0.6) is 0 Å². The highest BCUT2D eigenvalue weighted by molar-refractivity contribution is 7.98. The number of rotatable bonds is 4. The Labute approximate surface area is 136 Å². The monoisotopic (exact) mass is 327 g/mol. The minimum absolute atomic E-state index is 0.202. The van der Waals surface area contributed by atoms with Crippen molar-refractivity contribution in [1.82, 2.24) is 4.98 Å². The quantitative estimate of drug-likeness (QED) is 0.741. The van der Waals surface area contributed by atoms with Gasteiger partial charge in [0, 0.05) is 23.4 Å². The van der Waals surface area contributed by atoms with E-state index in [1.54, 1.807) is 30.5 Å². The topological polar surface area (TPSA) is 80.4 Å². The van der Waals surface area contributed by atoms with Gasteiger partial charge in [-0.2, -0.15) is 0 Å². The van der Waals surface area contributed by atoms with Gasteiger partial charge in [-0.05, 0) is 24.5 Å². The first-order valence-corrected chi connectivity index (χ1v) is 8.09. The molecule has 0 aliphatic rings. The number of hydrogen-bond acceptors (Lipinski definition) is 5. The Hall–Kier alpha value is -2.60. The average Bonchev–Trinajstić information content (AvgIpc) is 2.55. The van der Waals surface area contributed by atoms with Crippen LogP contribution in [-0.4, -0.2) is 22.3 Å². The number of para-hydroxylation sites is 1. The molecule has 0 saturated carbocycles. The van der Waals surface area contributed by atoms with Crippen molar-refractivity contribution in [2.75, 3.05) is 6.26 Å². The Morgan fingerprint density at radius 3 is 2.87 bits per heavy atom. The summed E-state index contributed by atoms with van der Waals surface area (Å²) in [5, 5.41) is 10.1. The Kier molecular flexibility index (Phi) is 4.16. The fourth-order valence-electron chi connectivity index (χ4n) is 2.41. The Morgan fingerprint density at radius 1 is 1.30 bits per heavy atom. The minimum Gasteiger partial charge on any atom is -0.481 e. The van der Waals surface area contributed by atoms with Crippen LogP contribution < -0.4 is 5.43 Å². The maximum absolute atomic E-state index is 12.4. The molecule has 0 unspecified atom stereocenters. The van der Waals surface area contributed by atoms with Gasteiger partial charge in [-0.3, -0.25) is 9.59 Å². The van der Waals surface area contributed by atoms with Crippen LogP contribution in [0.25, 0.3) is 22.3 Å². The first-order valence-electron chi connectivity index (χ1n) is 6.87. The number of nitrogens with zero attached hydrogens (tertiary/aromatic N) is 1. The first-order chi connectivity index (χ1) is 11.1. The third kappa shape index (κ3) is 2.98. The normalized spacial score (nSPS) is 10.8. The molecular weight excluding hydrogens is 314 g/mol. The molecule has 2 aromatic heterocycles. The second-order valence-corrected chi connectivity index (χ2v) is 5.69. The summed E-state index contributed by atoms with van der Waals surface area (Å²) in [5.41, 5.74) is 1.30. The molecule has 0 aliphatic carbocycles. The van der Waals surface area contributed by atoms with Gasteiger partial charge in [0.05, 0.1) is 11.8 Å². The molecule has 0 spiro atoms. The van der Waals surface area contributed by atoms with E-state index in [1.807, 2.05) is 12.3 Å². The van der Waals surface area contributed by atoms with Crippen LogP contribution in [0.15, 0.2) is 56.8 Å². The van der Waals surface area contributed by atoms with Crippen molar-refractivity contribution in [3.63, 3.8) is 0 Å². The molecule has 0 amide bonds. The highest BCUT2D eigenvalue weighted by atomic mass is 32.2. The summed E-state index contributed by atoms with van der Waals surface area (Å²) >= 11 is 1.45. The van der Waals surface area contributed by atoms with Gasteiger partial charge in [-0.25, -0.2) is 4.98 Å². The van der Waals surface area contributed by atoms with Crippen molar-refractivity contribution in [3.05, 3.63) is 58.4 Å². The smallest absolute Gasteiger partial charge is 0.307 e. The van der Waals surface area contributed by atoms with E-state index in [0.29, 0.717) is 27.9 Å². The lowest BCUT2D eigenvalue weighted by atomic mass is 10.1. The fourth-order valence-corrected chi connectivity index (χ4v) is 2.97. The van der Waals surface area contributed by atoms with E-state index >= 15 is 0 Å². The Balaban J connectivity index is 2.28. The highest BCUT2D eigenvalue weighted by Crippen LogP contribution is 2.30. The largest absolute Gasteiger partial charge is 0.481 e. The molecule has 23 heavy (non-hydrogen) atoms. The molecule has 0 atom stereocenters. The summed E-state index contributed by atoms with van der Waals surface area (Å²) in [6, 6.07) is 9.96. The van der Waals surface area contributed by atoms with Gasteiger partial charge >= 0.3 is 5.97 Å². The molecule has 6 heteroatoms. The minimum atomic E-state index is -0.975. The van der Waals surface area contributed by atoms with Crippen molar-refractivity contribution < 1.29 is 14.3 Å². The number of pyridine rings is 1. The predicted octanol–water partition coefficient (Wildman–Crippen LogP) is 3.20. The standard InChI is InChI=1S/C17H13NO4S/c1-23-17-12(6-3-7-18-17)14-9-13(19)11-5-2-4-10(8-15(20)21)16(11)22-14/h2-7,9H,8H2,1H3,(H,20,21). The molecule has 5 nitrogen and oxygen atoms in total. The van der Waals surface area contributed by atoms with Crippen molar-refractivity contribution in [2.24, 2.45) is 0 Å². The summed E-state index contributed by atoms with van der Waals surface area (Å²) in [6.07, 6.45) is 3.36. The van der Waals surface area contributed by atoms with Crippen LogP contribution in [0.4, 0.5) is 0 Å². The van der Waals surface area contributed by atoms with Crippen molar-refractivity contribution >= 4 is 28.7 Å². The number of benzene rings is 1. The number of carbonyl (C=O) groups is 1. The molecule has 116 valence electrons. The van der Waals surface area contributed by atoms with E-state index in [0.717, 1.165) is 5.03 Å². The Bertz CT molecular complexity index is 949. The molecule has 3 rings (SSSR count). The van der Waals surface area contributed by atoms with E-state index in [9.17, 15) is 9.59 Å². The molecule has 0 fully saturated rings. The zero-order chi connectivity index (χ0) is 16.4. The van der Waals surface area contributed by atoms with E-state index in [1.165, 1.54) is 17.8 Å². The average molecular weight is 327 g/mol. The maximum Gasteiger partial charge on any atom is 0.307 e. The molecule has 0 bridgehead atoms. The summed E-state index contributed by atoms with van der Waals surface area (Å²) < 4.78 is 5.89. The summed E-state index contributed by atoms with van der Waals surface area (Å²) in [5.74, 6) is -0.588. The van der Waals surface area contributed by atoms with Gasteiger partial charge < -0.3 is 9.52 Å². The molecule has 0 saturated heterocycles. The lowest BCUT2D eigenvalue weighted by molar-refractivity contribution is -0.136. The molecular formula is C17H13NO4S. The van der Waals surface area contributed by atoms with Crippen molar-refractivity contribution in [2.45, 2.75) is 11.4 Å². The zero-order valence-corrected chi connectivity index (χ0v) is 13.1. The van der Waals surface area contributed by atoms with Crippen LogP contribution in [-0.2, 0) is 11.2 Å². The zero-order valence-electron chi connectivity index (χ0n) is 12.3. The molecule has 0 radical (unpaired) electrons. The third-order valence-electron chi connectivity index (χ3n) is 3.41. The summed E-state index contributed by atoms with van der Waals surface area (Å²) in [4.78, 5) is 27.7. The van der Waals surface area contributed by atoms with Gasteiger partial charge in [0.15, 0.2) is 5.43 Å². The predicted molar refractivity (Wildman–Crippen MR) is 88.8 cm³/mol. The lowest BCUT2D eigenvalue weighted by Crippen LogP contribution is -2.05. The van der Waals surface area contributed by atoms with E-state index in [2.05, 4.69) is 4.98 Å². The first kappa shape index (κ1) is 15.3. The molecule has 2 heterocycles. The van der Waals surface area contributed by atoms with Crippen molar-refractivity contribution in [1.29, 1.82) is 0 Å². The Morgan fingerprint density at radius 2 is 2.13 bits per heavy atom. The molecule has 1 aromatic carbocycles. The number of aliphatic carboxylic acids is 1. The van der Waals surface area contributed by atoms with Gasteiger partial charge in [0.2, 0.25) is 0 Å². The number of fused-ring (bicyclic) bond motifs is 1. The number of aromatic nitrogens is 1. The van der Waals surface area contributed by atoms with Gasteiger partial charge in [0.1, 0.15) is 16.4 Å². The number of carboxylic acids is 1. The van der Waals surface area contributed by atoms with Crippen molar-refractivity contribution in [3.8, 4) is 11.3 Å². The molecule has 0 aliphatic heterocycles. The van der Waals surface area contributed by atoms with Crippen LogP contribution in [0.2, 0.25) is 0 Å². The van der Waals surface area contributed by atoms with Crippen LogP contribution in [0.1, 0.15) is 5.56 Å². The van der Waals surface area contributed by atoms with Gasteiger partial charge in [0.25, 0.3) is 0 Å². The maximum atomic E-state index is 12.4. The second-order valence-electron chi connectivity index (χ2n) is 4.90. The third-order valence-corrected chi connectivity index (χ3v) is 4.12. The van der Waals surface area contributed by atoms with E-state index < -0.39 is 5.97 Å². The number of carboxylic acid groups (broad SMARTS) is 1. The van der Waals surface area contributed by atoms with Gasteiger partial charge in [-0.1, -0.05) is 12.1 Å². The lowest BCUT2D eigenvalue weighted by Gasteiger charge is -2.08. The number of hydrogen-bond donors (Lipinski definition) is 1. The van der Waals surface area contributed by atoms with Gasteiger partial charge in [-0.15, -0.1) is 11.8 Å². The van der Waals surface area contributed by atoms with E-state index in [4.69, 9.17) is 9.52 Å². The summed E-state index contributed by atoms with van der Waals surface area (Å²) in [7, 11) is 0. The number of thioether (sulfide) groups is 1. The fraction of sp³-hybridized carbons (Fsp3) is 0.118. The molecule has 3 aromatic rings. The summed E-state index contributed by atoms with van der Waals surface area (Å²) in [6.45, 7) is 0. The molecule has 1 N–H and O–H groups in total. The van der Waals surface area contributed by atoms with E-state index in [-0.39, 0.29) is 11.8 Å². The van der Waals surface area contributed by atoms with Crippen LogP contribution >= 0.6 is 11.8 Å².